The minimum Gasteiger partial charge on any atom is -0.478 e. The predicted octanol–water partition coefficient (Wildman–Crippen LogP) is 5.51. The summed E-state index contributed by atoms with van der Waals surface area (Å²) < 4.78 is 5.94. The van der Waals surface area contributed by atoms with E-state index >= 15 is 0 Å². The van der Waals surface area contributed by atoms with E-state index in [4.69, 9.17) is 4.42 Å². The SMILES string of the molecule is Cc1cc2oc(-c3ccc(C4CCCCC4)cc3)cc(=O)c2cc1C(=O)O. The smallest absolute Gasteiger partial charge is 0.335 e. The van der Waals surface area contributed by atoms with Gasteiger partial charge in [0.15, 0.2) is 5.43 Å². The second kappa shape index (κ2) is 7.03. The summed E-state index contributed by atoms with van der Waals surface area (Å²) in [5, 5.41) is 9.54. The van der Waals surface area contributed by atoms with Crippen LogP contribution in [0.5, 0.6) is 0 Å². The van der Waals surface area contributed by atoms with Crippen molar-refractivity contribution in [3.8, 4) is 11.3 Å². The van der Waals surface area contributed by atoms with E-state index in [9.17, 15) is 14.7 Å². The fourth-order valence-electron chi connectivity index (χ4n) is 4.03. The van der Waals surface area contributed by atoms with Crippen molar-refractivity contribution in [2.75, 3.05) is 0 Å². The average Bonchev–Trinajstić information content (AvgIpc) is 2.68. The van der Waals surface area contributed by atoms with Crippen LogP contribution < -0.4 is 5.43 Å². The molecule has 1 heterocycles. The van der Waals surface area contributed by atoms with Crippen LogP contribution in [0.15, 0.2) is 51.7 Å². The Bertz CT molecular complexity index is 1050. The molecule has 0 atom stereocenters. The molecule has 2 aromatic carbocycles. The van der Waals surface area contributed by atoms with Crippen molar-refractivity contribution in [2.24, 2.45) is 0 Å². The van der Waals surface area contributed by atoms with Crippen LogP contribution >= 0.6 is 0 Å². The molecule has 0 aliphatic heterocycles. The topological polar surface area (TPSA) is 67.5 Å². The summed E-state index contributed by atoms with van der Waals surface area (Å²) in [5.41, 5.74) is 3.08. The summed E-state index contributed by atoms with van der Waals surface area (Å²) in [6.45, 7) is 1.70. The molecule has 4 rings (SSSR count). The number of benzene rings is 2. The van der Waals surface area contributed by atoms with E-state index in [2.05, 4.69) is 12.1 Å². The lowest BCUT2D eigenvalue weighted by atomic mass is 9.84. The van der Waals surface area contributed by atoms with Crippen LogP contribution in [-0.4, -0.2) is 11.1 Å². The maximum Gasteiger partial charge on any atom is 0.335 e. The van der Waals surface area contributed by atoms with Gasteiger partial charge in [0.05, 0.1) is 10.9 Å². The third-order valence-electron chi connectivity index (χ3n) is 5.58. The number of carbonyl (C=O) groups is 1. The lowest BCUT2D eigenvalue weighted by Crippen LogP contribution is -2.06. The Morgan fingerprint density at radius 1 is 1.04 bits per heavy atom. The van der Waals surface area contributed by atoms with Crippen LogP contribution in [0.4, 0.5) is 0 Å². The first-order chi connectivity index (χ1) is 13.0. The van der Waals surface area contributed by atoms with Gasteiger partial charge < -0.3 is 9.52 Å². The monoisotopic (exact) mass is 362 g/mol. The number of rotatable bonds is 3. The first-order valence-electron chi connectivity index (χ1n) is 9.45. The summed E-state index contributed by atoms with van der Waals surface area (Å²) in [6, 6.07) is 12.7. The fraction of sp³-hybridized carbons (Fsp3) is 0.304. The molecule has 1 saturated carbocycles. The summed E-state index contributed by atoms with van der Waals surface area (Å²) in [7, 11) is 0. The highest BCUT2D eigenvalue weighted by atomic mass is 16.4. The van der Waals surface area contributed by atoms with E-state index < -0.39 is 5.97 Å². The van der Waals surface area contributed by atoms with E-state index in [0.29, 0.717) is 28.2 Å². The van der Waals surface area contributed by atoms with Crippen molar-refractivity contribution < 1.29 is 14.3 Å². The first-order valence-corrected chi connectivity index (χ1v) is 9.45. The van der Waals surface area contributed by atoms with Gasteiger partial charge >= 0.3 is 5.97 Å². The number of aromatic carboxylic acids is 1. The van der Waals surface area contributed by atoms with Gasteiger partial charge in [-0.3, -0.25) is 4.79 Å². The van der Waals surface area contributed by atoms with E-state index in [1.807, 2.05) is 12.1 Å². The number of hydrogen-bond acceptors (Lipinski definition) is 3. The molecule has 1 N–H and O–H groups in total. The molecule has 1 aliphatic carbocycles. The van der Waals surface area contributed by atoms with Crippen molar-refractivity contribution in [2.45, 2.75) is 44.9 Å². The molecule has 138 valence electrons. The van der Waals surface area contributed by atoms with Crippen molar-refractivity contribution in [1.29, 1.82) is 0 Å². The van der Waals surface area contributed by atoms with Gasteiger partial charge in [-0.15, -0.1) is 0 Å². The molecule has 0 unspecified atom stereocenters. The maximum absolute atomic E-state index is 12.5. The van der Waals surface area contributed by atoms with Gasteiger partial charge in [0.1, 0.15) is 11.3 Å². The van der Waals surface area contributed by atoms with E-state index in [-0.39, 0.29) is 11.0 Å². The standard InChI is InChI=1S/C23H22O4/c1-14-11-22-19(12-18(14)23(25)26)20(24)13-21(27-22)17-9-7-16(8-10-17)15-5-3-2-4-6-15/h7-13,15H,2-6H2,1H3,(H,25,26). The first kappa shape index (κ1) is 17.5. The number of hydrogen-bond donors (Lipinski definition) is 1. The minimum absolute atomic E-state index is 0.124. The van der Waals surface area contributed by atoms with Crippen LogP contribution in [0.3, 0.4) is 0 Å². The Morgan fingerprint density at radius 3 is 2.41 bits per heavy atom. The Hall–Kier alpha value is -2.88. The molecule has 0 saturated heterocycles. The molecular formula is C23H22O4. The number of carboxylic acids is 1. The van der Waals surface area contributed by atoms with E-state index in [1.54, 1.807) is 13.0 Å². The zero-order chi connectivity index (χ0) is 19.0. The van der Waals surface area contributed by atoms with Crippen molar-refractivity contribution in [3.05, 3.63) is 69.4 Å². The molecule has 0 bridgehead atoms. The normalized spacial score (nSPS) is 15.1. The molecule has 1 aliphatic rings. The molecule has 4 heteroatoms. The predicted molar refractivity (Wildman–Crippen MR) is 105 cm³/mol. The molecule has 0 radical (unpaired) electrons. The summed E-state index contributed by atoms with van der Waals surface area (Å²) in [4.78, 5) is 23.8. The van der Waals surface area contributed by atoms with Crippen LogP contribution in [0, 0.1) is 6.92 Å². The average molecular weight is 362 g/mol. The molecular weight excluding hydrogens is 340 g/mol. The second-order valence-corrected chi connectivity index (χ2v) is 7.40. The number of fused-ring (bicyclic) bond motifs is 1. The van der Waals surface area contributed by atoms with Crippen LogP contribution in [0.1, 0.15) is 59.5 Å². The largest absolute Gasteiger partial charge is 0.478 e. The van der Waals surface area contributed by atoms with Crippen molar-refractivity contribution >= 4 is 16.9 Å². The van der Waals surface area contributed by atoms with Crippen molar-refractivity contribution in [1.82, 2.24) is 0 Å². The Balaban J connectivity index is 1.72. The Labute approximate surface area is 157 Å². The van der Waals surface area contributed by atoms with Gasteiger partial charge in [-0.05, 0) is 48.9 Å². The molecule has 0 amide bonds. The molecule has 1 aromatic heterocycles. The highest BCUT2D eigenvalue weighted by molar-refractivity contribution is 5.94. The number of carboxylic acid groups (broad SMARTS) is 1. The van der Waals surface area contributed by atoms with Gasteiger partial charge in [-0.25, -0.2) is 4.79 Å². The molecule has 1 fully saturated rings. The third kappa shape index (κ3) is 3.39. The zero-order valence-corrected chi connectivity index (χ0v) is 15.3. The molecule has 4 nitrogen and oxygen atoms in total. The van der Waals surface area contributed by atoms with Crippen LogP contribution in [0.25, 0.3) is 22.3 Å². The maximum atomic E-state index is 12.5. The van der Waals surface area contributed by atoms with Gasteiger partial charge in [0.25, 0.3) is 0 Å². The fourth-order valence-corrected chi connectivity index (χ4v) is 4.03. The molecule has 27 heavy (non-hydrogen) atoms. The van der Waals surface area contributed by atoms with Crippen LogP contribution in [0.2, 0.25) is 0 Å². The molecule has 3 aromatic rings. The molecule has 0 spiro atoms. The Morgan fingerprint density at radius 2 is 1.74 bits per heavy atom. The lowest BCUT2D eigenvalue weighted by molar-refractivity contribution is 0.0696. The number of aryl methyl sites for hydroxylation is 1. The quantitative estimate of drug-likeness (QED) is 0.667. The Kier molecular flexibility index (Phi) is 4.56. The lowest BCUT2D eigenvalue weighted by Gasteiger charge is -2.22. The van der Waals surface area contributed by atoms with E-state index in [1.165, 1.54) is 49.8 Å². The highest BCUT2D eigenvalue weighted by Crippen LogP contribution is 2.33. The summed E-state index contributed by atoms with van der Waals surface area (Å²) >= 11 is 0. The minimum atomic E-state index is -1.05. The van der Waals surface area contributed by atoms with Gasteiger partial charge in [-0.2, -0.15) is 0 Å². The van der Waals surface area contributed by atoms with E-state index in [0.717, 1.165) is 5.56 Å². The third-order valence-corrected chi connectivity index (χ3v) is 5.58. The zero-order valence-electron chi connectivity index (χ0n) is 15.3. The summed E-state index contributed by atoms with van der Waals surface area (Å²) in [5.74, 6) is 0.0925. The van der Waals surface area contributed by atoms with Gasteiger partial charge in [0.2, 0.25) is 0 Å². The second-order valence-electron chi connectivity index (χ2n) is 7.40. The van der Waals surface area contributed by atoms with Crippen LogP contribution in [-0.2, 0) is 0 Å². The van der Waals surface area contributed by atoms with Gasteiger partial charge in [-0.1, -0.05) is 43.5 Å². The summed E-state index contributed by atoms with van der Waals surface area (Å²) in [6.07, 6.45) is 6.42. The van der Waals surface area contributed by atoms with Crippen molar-refractivity contribution in [3.63, 3.8) is 0 Å². The van der Waals surface area contributed by atoms with Gasteiger partial charge in [0, 0.05) is 11.6 Å². The highest BCUT2D eigenvalue weighted by Gasteiger charge is 2.16.